The normalized spacial score (nSPS) is 15.9. The molecule has 1 aliphatic heterocycles. The summed E-state index contributed by atoms with van der Waals surface area (Å²) in [6, 6.07) is 16.9. The van der Waals surface area contributed by atoms with Crippen LogP contribution in [0, 0.1) is 0 Å². The van der Waals surface area contributed by atoms with Crippen molar-refractivity contribution < 1.29 is 14.3 Å². The fraction of sp³-hybridized carbons (Fsp3) is 0.333. The van der Waals surface area contributed by atoms with Gasteiger partial charge in [0.25, 0.3) is 5.91 Å². The average molecular weight is 367 g/mol. The molecule has 2 amide bonds. The summed E-state index contributed by atoms with van der Waals surface area (Å²) in [5.74, 6) is -0.241. The number of amides is 2. The van der Waals surface area contributed by atoms with Gasteiger partial charge in [0.15, 0.2) is 0 Å². The minimum atomic E-state index is -0.148. The molecule has 0 aromatic heterocycles. The third kappa shape index (κ3) is 6.11. The van der Waals surface area contributed by atoms with Gasteiger partial charge in [-0.2, -0.15) is 0 Å². The molecule has 0 saturated carbocycles. The molecular formula is C21H25N3O3. The molecule has 0 spiro atoms. The van der Waals surface area contributed by atoms with Crippen molar-refractivity contribution in [2.75, 3.05) is 25.0 Å². The lowest BCUT2D eigenvalue weighted by molar-refractivity contribution is -0.119. The highest BCUT2D eigenvalue weighted by molar-refractivity contribution is 5.95. The monoisotopic (exact) mass is 367 g/mol. The Kier molecular flexibility index (Phi) is 6.82. The summed E-state index contributed by atoms with van der Waals surface area (Å²) in [5, 5.41) is 8.82. The summed E-state index contributed by atoms with van der Waals surface area (Å²) in [4.78, 5) is 24.3. The Morgan fingerprint density at radius 2 is 1.89 bits per heavy atom. The molecule has 3 N–H and O–H groups in total. The van der Waals surface area contributed by atoms with Crippen LogP contribution in [0.15, 0.2) is 54.6 Å². The van der Waals surface area contributed by atoms with Crippen molar-refractivity contribution in [3.05, 3.63) is 65.7 Å². The molecule has 1 heterocycles. The van der Waals surface area contributed by atoms with E-state index in [2.05, 4.69) is 16.0 Å². The van der Waals surface area contributed by atoms with E-state index in [-0.39, 0.29) is 24.5 Å². The lowest BCUT2D eigenvalue weighted by Gasteiger charge is -2.12. The van der Waals surface area contributed by atoms with Crippen molar-refractivity contribution in [1.29, 1.82) is 0 Å². The molecular weight excluding hydrogens is 342 g/mol. The van der Waals surface area contributed by atoms with Crippen LogP contribution in [-0.4, -0.2) is 37.6 Å². The van der Waals surface area contributed by atoms with E-state index in [1.807, 2.05) is 36.4 Å². The molecule has 27 heavy (non-hydrogen) atoms. The molecule has 1 aliphatic rings. The molecule has 1 unspecified atom stereocenters. The van der Waals surface area contributed by atoms with Crippen LogP contribution in [0.2, 0.25) is 0 Å². The van der Waals surface area contributed by atoms with Gasteiger partial charge in [0.1, 0.15) is 0 Å². The molecule has 142 valence electrons. The lowest BCUT2D eigenvalue weighted by Crippen LogP contribution is -2.35. The van der Waals surface area contributed by atoms with Crippen LogP contribution in [-0.2, 0) is 16.1 Å². The third-order valence-electron chi connectivity index (χ3n) is 4.42. The first-order chi connectivity index (χ1) is 13.2. The number of benzene rings is 2. The van der Waals surface area contributed by atoms with Gasteiger partial charge in [-0.1, -0.05) is 36.4 Å². The van der Waals surface area contributed by atoms with Crippen LogP contribution in [0.1, 0.15) is 28.8 Å². The molecule has 2 aromatic rings. The molecule has 1 saturated heterocycles. The number of anilines is 1. The molecule has 0 bridgehead atoms. The zero-order valence-electron chi connectivity index (χ0n) is 15.2. The zero-order valence-corrected chi connectivity index (χ0v) is 15.2. The van der Waals surface area contributed by atoms with E-state index in [1.54, 1.807) is 18.2 Å². The van der Waals surface area contributed by atoms with E-state index in [0.717, 1.165) is 30.7 Å². The van der Waals surface area contributed by atoms with E-state index in [1.165, 1.54) is 0 Å². The Bertz CT molecular complexity index is 758. The molecule has 3 rings (SSSR count). The number of nitrogens with one attached hydrogen (secondary N) is 3. The Labute approximate surface area is 159 Å². The van der Waals surface area contributed by atoms with Gasteiger partial charge in [0.05, 0.1) is 12.6 Å². The summed E-state index contributed by atoms with van der Waals surface area (Å²) in [6.07, 6.45) is 2.18. The van der Waals surface area contributed by atoms with Crippen molar-refractivity contribution in [3.63, 3.8) is 0 Å². The van der Waals surface area contributed by atoms with E-state index in [0.29, 0.717) is 18.7 Å². The molecule has 1 fully saturated rings. The first-order valence-electron chi connectivity index (χ1n) is 9.25. The number of rotatable bonds is 8. The quantitative estimate of drug-likeness (QED) is 0.669. The summed E-state index contributed by atoms with van der Waals surface area (Å²) in [6.45, 7) is 1.95. The van der Waals surface area contributed by atoms with E-state index < -0.39 is 0 Å². The predicted molar refractivity (Wildman–Crippen MR) is 105 cm³/mol. The smallest absolute Gasteiger partial charge is 0.251 e. The van der Waals surface area contributed by atoms with E-state index in [9.17, 15) is 9.59 Å². The molecule has 2 aromatic carbocycles. The summed E-state index contributed by atoms with van der Waals surface area (Å²) in [7, 11) is 0. The van der Waals surface area contributed by atoms with E-state index >= 15 is 0 Å². The Morgan fingerprint density at radius 1 is 1.04 bits per heavy atom. The van der Waals surface area contributed by atoms with Crippen molar-refractivity contribution >= 4 is 17.5 Å². The maximum Gasteiger partial charge on any atom is 0.251 e. The second-order valence-corrected chi connectivity index (χ2v) is 6.54. The molecule has 1 atom stereocenters. The van der Waals surface area contributed by atoms with Gasteiger partial charge < -0.3 is 20.7 Å². The van der Waals surface area contributed by atoms with Crippen LogP contribution >= 0.6 is 0 Å². The lowest BCUT2D eigenvalue weighted by atomic mass is 10.1. The van der Waals surface area contributed by atoms with Crippen molar-refractivity contribution in [2.24, 2.45) is 0 Å². The van der Waals surface area contributed by atoms with Crippen LogP contribution < -0.4 is 16.0 Å². The molecule has 0 radical (unpaired) electrons. The van der Waals surface area contributed by atoms with Gasteiger partial charge in [0, 0.05) is 30.9 Å². The summed E-state index contributed by atoms with van der Waals surface area (Å²) >= 11 is 0. The SMILES string of the molecule is O=C(CNc1cccc(C(=O)NCc2ccccc2)c1)NCC1CCCO1. The maximum absolute atomic E-state index is 12.3. The van der Waals surface area contributed by atoms with Gasteiger partial charge in [-0.15, -0.1) is 0 Å². The fourth-order valence-corrected chi connectivity index (χ4v) is 2.93. The van der Waals surface area contributed by atoms with Crippen LogP contribution in [0.5, 0.6) is 0 Å². The predicted octanol–water partition coefficient (Wildman–Crippen LogP) is 2.32. The summed E-state index contributed by atoms with van der Waals surface area (Å²) < 4.78 is 5.48. The highest BCUT2D eigenvalue weighted by Gasteiger charge is 2.16. The van der Waals surface area contributed by atoms with Gasteiger partial charge in [-0.05, 0) is 36.6 Å². The highest BCUT2D eigenvalue weighted by Crippen LogP contribution is 2.12. The van der Waals surface area contributed by atoms with Crippen LogP contribution in [0.4, 0.5) is 5.69 Å². The van der Waals surface area contributed by atoms with Gasteiger partial charge in [-0.3, -0.25) is 9.59 Å². The molecule has 6 heteroatoms. The number of carbonyl (C=O) groups excluding carboxylic acids is 2. The van der Waals surface area contributed by atoms with Gasteiger partial charge in [0.2, 0.25) is 5.91 Å². The van der Waals surface area contributed by atoms with Crippen molar-refractivity contribution in [1.82, 2.24) is 10.6 Å². The minimum absolute atomic E-state index is 0.0931. The fourth-order valence-electron chi connectivity index (χ4n) is 2.93. The first kappa shape index (κ1) is 18.9. The van der Waals surface area contributed by atoms with Gasteiger partial charge >= 0.3 is 0 Å². The number of hydrogen-bond acceptors (Lipinski definition) is 4. The number of hydrogen-bond donors (Lipinski definition) is 3. The van der Waals surface area contributed by atoms with Gasteiger partial charge in [-0.25, -0.2) is 0 Å². The van der Waals surface area contributed by atoms with E-state index in [4.69, 9.17) is 4.74 Å². The zero-order chi connectivity index (χ0) is 18.9. The van der Waals surface area contributed by atoms with Crippen LogP contribution in [0.3, 0.4) is 0 Å². The Balaban J connectivity index is 1.44. The third-order valence-corrected chi connectivity index (χ3v) is 4.42. The Morgan fingerprint density at radius 3 is 2.67 bits per heavy atom. The van der Waals surface area contributed by atoms with Crippen molar-refractivity contribution in [2.45, 2.75) is 25.5 Å². The molecule has 0 aliphatic carbocycles. The second kappa shape index (κ2) is 9.73. The summed E-state index contributed by atoms with van der Waals surface area (Å²) in [5.41, 5.74) is 2.33. The largest absolute Gasteiger partial charge is 0.376 e. The van der Waals surface area contributed by atoms with Crippen molar-refractivity contribution in [3.8, 4) is 0 Å². The maximum atomic E-state index is 12.3. The highest BCUT2D eigenvalue weighted by atomic mass is 16.5. The number of carbonyl (C=O) groups is 2. The minimum Gasteiger partial charge on any atom is -0.376 e. The second-order valence-electron chi connectivity index (χ2n) is 6.54. The van der Waals surface area contributed by atoms with Crippen LogP contribution in [0.25, 0.3) is 0 Å². The average Bonchev–Trinajstić information content (AvgIpc) is 3.23. The molecule has 6 nitrogen and oxygen atoms in total. The Hall–Kier alpha value is -2.86. The topological polar surface area (TPSA) is 79.5 Å². The number of ether oxygens (including phenoxy) is 1. The first-order valence-corrected chi connectivity index (χ1v) is 9.25. The standard InChI is InChI=1S/C21H25N3O3/c25-20(23-14-19-10-5-11-27-19)15-22-18-9-4-8-17(12-18)21(26)24-13-16-6-2-1-3-7-16/h1-4,6-9,12,19,22H,5,10-11,13-15H2,(H,23,25)(H,24,26).